The van der Waals surface area contributed by atoms with Crippen molar-refractivity contribution in [1.82, 2.24) is 0 Å². The van der Waals surface area contributed by atoms with E-state index in [9.17, 15) is 9.90 Å². The number of aromatic carboxylic acids is 1. The van der Waals surface area contributed by atoms with Gasteiger partial charge in [-0.25, -0.2) is 4.79 Å². The molecule has 8 saturated carbocycles. The van der Waals surface area contributed by atoms with Crippen LogP contribution in [0.15, 0.2) is 24.3 Å². The second-order valence-corrected chi connectivity index (χ2v) is 16.0. The highest BCUT2D eigenvalue weighted by molar-refractivity contribution is 5.90. The predicted octanol–water partition coefficient (Wildman–Crippen LogP) is 8.00. The number of hydrogen-bond acceptors (Lipinski definition) is 1. The van der Waals surface area contributed by atoms with E-state index in [4.69, 9.17) is 0 Å². The van der Waals surface area contributed by atoms with Crippen LogP contribution in [0.5, 0.6) is 0 Å². The summed E-state index contributed by atoms with van der Waals surface area (Å²) in [7, 11) is 0. The molecule has 1 aromatic rings. The van der Waals surface area contributed by atoms with Gasteiger partial charge in [-0.3, -0.25) is 0 Å². The van der Waals surface area contributed by atoms with E-state index in [1.54, 1.807) is 0 Å². The van der Waals surface area contributed by atoms with Crippen molar-refractivity contribution in [3.05, 3.63) is 35.4 Å². The third-order valence-electron chi connectivity index (χ3n) is 12.1. The minimum Gasteiger partial charge on any atom is -0.478 e. The molecule has 8 bridgehead atoms. The molecular weight excluding hydrogens is 404 g/mol. The van der Waals surface area contributed by atoms with Crippen LogP contribution < -0.4 is 0 Å². The average Bonchev–Trinajstić information content (AvgIpc) is 2.62. The average molecular weight is 447 g/mol. The molecule has 178 valence electrons. The van der Waals surface area contributed by atoms with Crippen molar-refractivity contribution in [2.45, 2.75) is 110 Å². The first-order chi connectivity index (χ1) is 15.3. The number of carboxylic acid groups (broad SMARTS) is 1. The summed E-state index contributed by atoms with van der Waals surface area (Å²) in [5.74, 6) is 0.188. The topological polar surface area (TPSA) is 37.3 Å². The summed E-state index contributed by atoms with van der Waals surface area (Å²) in [4.78, 5) is 12.4. The summed E-state index contributed by atoms with van der Waals surface area (Å²) in [6.45, 7) is 10.4. The van der Waals surface area contributed by atoms with Crippen molar-refractivity contribution in [2.24, 2.45) is 38.4 Å². The summed E-state index contributed by atoms with van der Waals surface area (Å²) in [6.07, 6.45) is 16.5. The van der Waals surface area contributed by atoms with E-state index in [0.29, 0.717) is 38.1 Å². The van der Waals surface area contributed by atoms with Crippen LogP contribution >= 0.6 is 0 Å². The van der Waals surface area contributed by atoms with Crippen LogP contribution in [0, 0.1) is 38.4 Å². The molecule has 0 amide bonds. The minimum atomic E-state index is -0.736. The zero-order valence-electron chi connectivity index (χ0n) is 21.2. The van der Waals surface area contributed by atoms with Crippen LogP contribution in [-0.4, -0.2) is 11.1 Å². The lowest BCUT2D eigenvalue weighted by Gasteiger charge is -2.78. The molecule has 0 aromatic heterocycles. The molecule has 9 rings (SSSR count). The lowest BCUT2D eigenvalue weighted by Crippen LogP contribution is -2.69. The molecule has 0 saturated heterocycles. The van der Waals surface area contributed by atoms with Gasteiger partial charge in [0.25, 0.3) is 0 Å². The third-order valence-corrected chi connectivity index (χ3v) is 12.1. The monoisotopic (exact) mass is 446 g/mol. The molecular formula is C31H42O2. The molecule has 8 fully saturated rings. The Kier molecular flexibility index (Phi) is 3.65. The Morgan fingerprint density at radius 3 is 1.82 bits per heavy atom. The fourth-order valence-corrected chi connectivity index (χ4v) is 13.7. The molecule has 8 aliphatic rings. The van der Waals surface area contributed by atoms with Gasteiger partial charge >= 0.3 is 5.97 Å². The van der Waals surface area contributed by atoms with Gasteiger partial charge in [0, 0.05) is 0 Å². The lowest BCUT2D eigenvalue weighted by molar-refractivity contribution is -0.270. The number of hydrogen-bond donors (Lipinski definition) is 1. The van der Waals surface area contributed by atoms with E-state index in [1.807, 2.05) is 12.1 Å². The first-order valence-corrected chi connectivity index (χ1v) is 13.7. The fraction of sp³-hybridized carbons (Fsp3) is 0.774. The Morgan fingerprint density at radius 1 is 0.697 bits per heavy atom. The van der Waals surface area contributed by atoms with Crippen molar-refractivity contribution in [2.75, 3.05) is 0 Å². The molecule has 33 heavy (non-hydrogen) atoms. The van der Waals surface area contributed by atoms with Gasteiger partial charge in [0.15, 0.2) is 0 Å². The van der Waals surface area contributed by atoms with E-state index in [2.05, 4.69) is 39.8 Å². The van der Waals surface area contributed by atoms with Crippen molar-refractivity contribution >= 4 is 5.97 Å². The molecule has 1 aromatic carbocycles. The number of carboxylic acids is 1. The Bertz CT molecular complexity index is 1030. The van der Waals surface area contributed by atoms with Gasteiger partial charge in [-0.05, 0) is 133 Å². The smallest absolute Gasteiger partial charge is 0.335 e. The summed E-state index contributed by atoms with van der Waals surface area (Å²) in [5.41, 5.74) is 4.41. The van der Waals surface area contributed by atoms with Crippen molar-refractivity contribution in [3.8, 4) is 0 Å². The van der Waals surface area contributed by atoms with Crippen LogP contribution in [0.3, 0.4) is 0 Å². The highest BCUT2D eigenvalue weighted by Crippen LogP contribution is 2.83. The summed E-state index contributed by atoms with van der Waals surface area (Å²) in [6, 6.07) is 8.09. The molecule has 4 atom stereocenters. The zero-order chi connectivity index (χ0) is 23.1. The molecule has 4 unspecified atom stereocenters. The molecule has 2 heteroatoms. The van der Waals surface area contributed by atoms with Crippen LogP contribution in [0.1, 0.15) is 121 Å². The van der Waals surface area contributed by atoms with Crippen LogP contribution in [0.4, 0.5) is 0 Å². The summed E-state index contributed by atoms with van der Waals surface area (Å²) < 4.78 is 0. The molecule has 0 heterocycles. The second-order valence-electron chi connectivity index (χ2n) is 16.0. The fourth-order valence-electron chi connectivity index (χ4n) is 13.7. The predicted molar refractivity (Wildman–Crippen MR) is 131 cm³/mol. The van der Waals surface area contributed by atoms with E-state index in [1.165, 1.54) is 82.6 Å². The van der Waals surface area contributed by atoms with Gasteiger partial charge in [0.05, 0.1) is 5.56 Å². The molecule has 0 spiro atoms. The standard InChI is InChI=1S/C31H42O2/c1-25-9-21-10-26(2,12-25)17-30(11-21,16-25)31-18-27(3)13-28(4,19-31)15-29(14-27,20-31)23-8-6-5-7-22(23)24(32)33/h5-8,21H,9-20H2,1-4H3,(H,32,33). The maximum Gasteiger partial charge on any atom is 0.335 e. The molecule has 0 radical (unpaired) electrons. The SMILES string of the molecule is CC12CC3CC(C)(C1)CC(C14CC5(C)CC(C)(CC(c6ccccc6C(=O)O)(C5)C1)C4)(C3)C2. The quantitative estimate of drug-likeness (QED) is 0.511. The van der Waals surface area contributed by atoms with Crippen LogP contribution in [-0.2, 0) is 5.41 Å². The van der Waals surface area contributed by atoms with Crippen LogP contribution in [0.25, 0.3) is 0 Å². The van der Waals surface area contributed by atoms with Gasteiger partial charge in [0.1, 0.15) is 0 Å². The second kappa shape index (κ2) is 5.73. The van der Waals surface area contributed by atoms with Gasteiger partial charge in [0.2, 0.25) is 0 Å². The Labute approximate surface area is 199 Å². The zero-order valence-corrected chi connectivity index (χ0v) is 21.2. The van der Waals surface area contributed by atoms with Gasteiger partial charge in [-0.2, -0.15) is 0 Å². The molecule has 1 N–H and O–H groups in total. The largest absolute Gasteiger partial charge is 0.478 e. The minimum absolute atomic E-state index is 0.0401. The highest BCUT2D eigenvalue weighted by atomic mass is 16.4. The first kappa shape index (κ1) is 21.0. The maximum atomic E-state index is 12.4. The highest BCUT2D eigenvalue weighted by Gasteiger charge is 2.74. The van der Waals surface area contributed by atoms with Gasteiger partial charge < -0.3 is 5.11 Å². The van der Waals surface area contributed by atoms with Crippen molar-refractivity contribution < 1.29 is 9.90 Å². The number of carbonyl (C=O) groups is 1. The Balaban J connectivity index is 1.42. The normalized spacial score (nSPS) is 55.8. The lowest BCUT2D eigenvalue weighted by atomic mass is 9.26. The Morgan fingerprint density at radius 2 is 1.24 bits per heavy atom. The number of rotatable bonds is 3. The van der Waals surface area contributed by atoms with E-state index in [-0.39, 0.29) is 5.41 Å². The number of benzene rings is 1. The first-order valence-electron chi connectivity index (χ1n) is 13.7. The van der Waals surface area contributed by atoms with Gasteiger partial charge in [-0.1, -0.05) is 45.9 Å². The Hall–Kier alpha value is -1.31. The van der Waals surface area contributed by atoms with E-state index in [0.717, 1.165) is 5.92 Å². The third kappa shape index (κ3) is 2.65. The molecule has 8 aliphatic carbocycles. The molecule has 2 nitrogen and oxygen atoms in total. The van der Waals surface area contributed by atoms with Crippen molar-refractivity contribution in [1.29, 1.82) is 0 Å². The van der Waals surface area contributed by atoms with Gasteiger partial charge in [-0.15, -0.1) is 0 Å². The summed E-state index contributed by atoms with van der Waals surface area (Å²) >= 11 is 0. The molecule has 0 aliphatic heterocycles. The maximum absolute atomic E-state index is 12.4. The van der Waals surface area contributed by atoms with Crippen LogP contribution in [0.2, 0.25) is 0 Å². The van der Waals surface area contributed by atoms with E-state index < -0.39 is 5.97 Å². The van der Waals surface area contributed by atoms with Crippen molar-refractivity contribution in [3.63, 3.8) is 0 Å². The van der Waals surface area contributed by atoms with E-state index >= 15 is 0 Å². The summed E-state index contributed by atoms with van der Waals surface area (Å²) in [5, 5.41) is 10.2.